The molecule has 1 N–H and O–H groups in total. The van der Waals surface area contributed by atoms with Gasteiger partial charge in [-0.05, 0) is 34.2 Å². The van der Waals surface area contributed by atoms with E-state index in [1.807, 2.05) is 41.3 Å². The lowest BCUT2D eigenvalue weighted by atomic mass is 10.0. The van der Waals surface area contributed by atoms with Crippen molar-refractivity contribution in [2.24, 2.45) is 0 Å². The number of nitrogens with one attached hydrogen (secondary N) is 1. The summed E-state index contributed by atoms with van der Waals surface area (Å²) in [5, 5.41) is 13.8. The lowest BCUT2D eigenvalue weighted by Crippen LogP contribution is -2.37. The summed E-state index contributed by atoms with van der Waals surface area (Å²) >= 11 is 1.37. The third-order valence-electron chi connectivity index (χ3n) is 5.55. The van der Waals surface area contributed by atoms with Gasteiger partial charge in [0, 0.05) is 41.7 Å². The van der Waals surface area contributed by atoms with E-state index in [1.54, 1.807) is 11.8 Å². The molecular formula is C22H22N6O2S. The minimum absolute atomic E-state index is 0.0972. The molecule has 158 valence electrons. The highest BCUT2D eigenvalue weighted by Gasteiger charge is 2.24. The maximum absolute atomic E-state index is 12.9. The number of carbonyl (C=O) groups excluding carboxylic acids is 1. The molecular weight excluding hydrogens is 412 g/mol. The summed E-state index contributed by atoms with van der Waals surface area (Å²) < 4.78 is 6.91. The summed E-state index contributed by atoms with van der Waals surface area (Å²) in [4.78, 5) is 18.3. The largest absolute Gasteiger partial charge is 0.497 e. The van der Waals surface area contributed by atoms with Gasteiger partial charge in [-0.25, -0.2) is 4.68 Å². The number of methoxy groups -OCH3 is 1. The van der Waals surface area contributed by atoms with E-state index in [0.29, 0.717) is 24.0 Å². The minimum atomic E-state index is 0.0972. The molecule has 0 bridgehead atoms. The van der Waals surface area contributed by atoms with Gasteiger partial charge in [0.15, 0.2) is 0 Å². The Bertz CT molecular complexity index is 1220. The van der Waals surface area contributed by atoms with Crippen molar-refractivity contribution in [3.8, 4) is 5.75 Å². The third kappa shape index (κ3) is 4.00. The monoisotopic (exact) mass is 434 g/mol. The van der Waals surface area contributed by atoms with Crippen LogP contribution in [0.15, 0.2) is 53.7 Å². The first kappa shape index (κ1) is 19.6. The number of rotatable bonds is 6. The van der Waals surface area contributed by atoms with Crippen molar-refractivity contribution in [2.75, 3.05) is 19.4 Å². The van der Waals surface area contributed by atoms with Crippen molar-refractivity contribution in [3.05, 3.63) is 65.4 Å². The summed E-state index contributed by atoms with van der Waals surface area (Å²) in [5.74, 6) is 1.21. The SMILES string of the molecule is COc1ccc(Cn2nnnc2SCC(=O)N2CCc3[nH]c4ccccc4c3C2)cc1. The van der Waals surface area contributed by atoms with E-state index in [-0.39, 0.29) is 5.91 Å². The van der Waals surface area contributed by atoms with Gasteiger partial charge in [0.05, 0.1) is 19.4 Å². The van der Waals surface area contributed by atoms with Crippen LogP contribution in [0.4, 0.5) is 0 Å². The van der Waals surface area contributed by atoms with E-state index >= 15 is 0 Å². The summed E-state index contributed by atoms with van der Waals surface area (Å²) in [6, 6.07) is 16.0. The Kier molecular flexibility index (Phi) is 5.33. The second kappa shape index (κ2) is 8.43. The van der Waals surface area contributed by atoms with Crippen molar-refractivity contribution >= 4 is 28.6 Å². The van der Waals surface area contributed by atoms with Gasteiger partial charge in [-0.1, -0.05) is 42.1 Å². The van der Waals surface area contributed by atoms with Gasteiger partial charge in [0.1, 0.15) is 5.75 Å². The molecule has 8 nitrogen and oxygen atoms in total. The Morgan fingerprint density at radius 1 is 1.19 bits per heavy atom. The van der Waals surface area contributed by atoms with E-state index in [2.05, 4.69) is 32.6 Å². The number of carbonyl (C=O) groups is 1. The highest BCUT2D eigenvalue weighted by atomic mass is 32.2. The Morgan fingerprint density at radius 2 is 2.03 bits per heavy atom. The molecule has 0 radical (unpaired) electrons. The van der Waals surface area contributed by atoms with E-state index < -0.39 is 0 Å². The molecule has 5 rings (SSSR count). The number of benzene rings is 2. The number of aromatic nitrogens is 5. The van der Waals surface area contributed by atoms with Gasteiger partial charge < -0.3 is 14.6 Å². The highest BCUT2D eigenvalue weighted by Crippen LogP contribution is 2.28. The average Bonchev–Trinajstić information content (AvgIpc) is 3.41. The number of thioether (sulfide) groups is 1. The zero-order valence-corrected chi connectivity index (χ0v) is 17.9. The molecule has 0 atom stereocenters. The van der Waals surface area contributed by atoms with Crippen LogP contribution in [0.1, 0.15) is 16.8 Å². The van der Waals surface area contributed by atoms with Crippen molar-refractivity contribution in [2.45, 2.75) is 24.7 Å². The number of tetrazole rings is 1. The molecule has 0 saturated carbocycles. The first-order chi connectivity index (χ1) is 15.2. The molecule has 1 aliphatic rings. The Hall–Kier alpha value is -3.33. The van der Waals surface area contributed by atoms with Crippen LogP contribution in [0, 0.1) is 0 Å². The molecule has 2 aromatic heterocycles. The number of aromatic amines is 1. The smallest absolute Gasteiger partial charge is 0.233 e. The van der Waals surface area contributed by atoms with Crippen LogP contribution >= 0.6 is 11.8 Å². The van der Waals surface area contributed by atoms with E-state index in [9.17, 15) is 4.79 Å². The highest BCUT2D eigenvalue weighted by molar-refractivity contribution is 7.99. The minimum Gasteiger partial charge on any atom is -0.497 e. The number of para-hydroxylation sites is 1. The van der Waals surface area contributed by atoms with E-state index in [4.69, 9.17) is 4.74 Å². The lowest BCUT2D eigenvalue weighted by Gasteiger charge is -2.27. The molecule has 1 amide bonds. The number of amides is 1. The van der Waals surface area contributed by atoms with Gasteiger partial charge >= 0.3 is 0 Å². The van der Waals surface area contributed by atoms with E-state index in [1.165, 1.54) is 28.4 Å². The summed E-state index contributed by atoms with van der Waals surface area (Å²) in [6.45, 7) is 1.89. The third-order valence-corrected chi connectivity index (χ3v) is 6.49. The fraction of sp³-hybridized carbons (Fsp3) is 0.273. The van der Waals surface area contributed by atoms with Crippen LogP contribution in [-0.2, 0) is 24.3 Å². The second-order valence-corrected chi connectivity index (χ2v) is 8.39. The van der Waals surface area contributed by atoms with Crippen LogP contribution in [-0.4, -0.2) is 55.4 Å². The number of ether oxygens (including phenoxy) is 1. The van der Waals surface area contributed by atoms with Crippen LogP contribution in [0.25, 0.3) is 10.9 Å². The van der Waals surface area contributed by atoms with Crippen LogP contribution < -0.4 is 4.74 Å². The molecule has 9 heteroatoms. The molecule has 0 spiro atoms. The number of hydrogen-bond donors (Lipinski definition) is 1. The van der Waals surface area contributed by atoms with Gasteiger partial charge in [-0.15, -0.1) is 5.10 Å². The van der Waals surface area contributed by atoms with Gasteiger partial charge in [-0.2, -0.15) is 0 Å². The van der Waals surface area contributed by atoms with Gasteiger partial charge in [0.25, 0.3) is 0 Å². The van der Waals surface area contributed by atoms with Crippen molar-refractivity contribution in [1.29, 1.82) is 0 Å². The molecule has 2 aromatic carbocycles. The Balaban J connectivity index is 1.23. The number of H-pyrrole nitrogens is 1. The molecule has 0 fully saturated rings. The maximum atomic E-state index is 12.9. The van der Waals surface area contributed by atoms with Crippen molar-refractivity contribution in [1.82, 2.24) is 30.1 Å². The molecule has 0 saturated heterocycles. The topological polar surface area (TPSA) is 88.9 Å². The standard InChI is InChI=1S/C22H22N6O2S/c1-30-16-8-6-15(7-9-16)12-28-22(24-25-26-28)31-14-21(29)27-11-10-20-18(13-27)17-4-2-3-5-19(17)23-20/h2-9,23H,10-14H2,1H3. The predicted molar refractivity (Wildman–Crippen MR) is 118 cm³/mol. The number of hydrogen-bond acceptors (Lipinski definition) is 6. The molecule has 0 unspecified atom stereocenters. The van der Waals surface area contributed by atoms with Crippen LogP contribution in [0.5, 0.6) is 5.75 Å². The zero-order chi connectivity index (χ0) is 21.2. The first-order valence-electron chi connectivity index (χ1n) is 10.1. The molecule has 4 aromatic rings. The summed E-state index contributed by atoms with van der Waals surface area (Å²) in [7, 11) is 1.64. The van der Waals surface area contributed by atoms with Gasteiger partial charge in [-0.3, -0.25) is 4.79 Å². The molecule has 1 aliphatic heterocycles. The zero-order valence-electron chi connectivity index (χ0n) is 17.1. The quantitative estimate of drug-likeness (QED) is 0.470. The molecule has 31 heavy (non-hydrogen) atoms. The predicted octanol–water partition coefficient (Wildman–Crippen LogP) is 2.89. The van der Waals surface area contributed by atoms with Crippen molar-refractivity contribution in [3.63, 3.8) is 0 Å². The number of nitrogens with zero attached hydrogens (tertiary/aromatic N) is 5. The van der Waals surface area contributed by atoms with E-state index in [0.717, 1.165) is 29.8 Å². The molecule has 3 heterocycles. The summed E-state index contributed by atoms with van der Waals surface area (Å²) in [6.07, 6.45) is 0.843. The fourth-order valence-electron chi connectivity index (χ4n) is 3.90. The number of fused-ring (bicyclic) bond motifs is 3. The van der Waals surface area contributed by atoms with Crippen molar-refractivity contribution < 1.29 is 9.53 Å². The summed E-state index contributed by atoms with van der Waals surface area (Å²) in [5.41, 5.74) is 4.66. The van der Waals surface area contributed by atoms with Crippen LogP contribution in [0.3, 0.4) is 0 Å². The average molecular weight is 435 g/mol. The first-order valence-corrected chi connectivity index (χ1v) is 11.1. The fourth-order valence-corrected chi connectivity index (χ4v) is 4.68. The van der Waals surface area contributed by atoms with Gasteiger partial charge in [0.2, 0.25) is 11.1 Å². The normalized spacial score (nSPS) is 13.4. The second-order valence-electron chi connectivity index (χ2n) is 7.45. The maximum Gasteiger partial charge on any atom is 0.233 e. The Labute approximate surface area is 183 Å². The molecule has 0 aliphatic carbocycles. The van der Waals surface area contributed by atoms with Crippen LogP contribution in [0.2, 0.25) is 0 Å². The Morgan fingerprint density at radius 3 is 2.87 bits per heavy atom. The lowest BCUT2D eigenvalue weighted by molar-refractivity contribution is -0.129.